The van der Waals surface area contributed by atoms with Gasteiger partial charge in [-0.15, -0.1) is 58.5 Å². The van der Waals surface area contributed by atoms with Gasteiger partial charge in [0.2, 0.25) is 0 Å². The van der Waals surface area contributed by atoms with Gasteiger partial charge < -0.3 is 13.8 Å². The van der Waals surface area contributed by atoms with Gasteiger partial charge in [0, 0.05) is 0 Å². The van der Waals surface area contributed by atoms with E-state index in [-0.39, 0.29) is 24.8 Å². The Morgan fingerprint density at radius 2 is 1.54 bits per heavy atom. The molecule has 0 saturated heterocycles. The van der Waals surface area contributed by atoms with Crippen LogP contribution in [0.25, 0.3) is 27.1 Å². The number of benzene rings is 2. The van der Waals surface area contributed by atoms with Crippen molar-refractivity contribution in [2.45, 2.75) is 34.1 Å². The molecule has 0 saturated carbocycles. The van der Waals surface area contributed by atoms with Gasteiger partial charge in [-0.05, 0) is 20.3 Å². The van der Waals surface area contributed by atoms with Crippen molar-refractivity contribution in [1.29, 1.82) is 0 Å². The second-order valence-corrected chi connectivity index (χ2v) is 5.78. The van der Waals surface area contributed by atoms with Gasteiger partial charge in [-0.25, -0.2) is 0 Å². The molecule has 0 fully saturated rings. The molecular weight excluding hydrogens is 478 g/mol. The SMILES string of the molecule is Cc1ccc2c(c1)[cH-]c1c(C3=CC=CC3)c(C)ccc12.Cl.Cl.[CH2-]C.[CH2-]C.[Si]=[Zr]. The van der Waals surface area contributed by atoms with E-state index in [0.717, 1.165) is 6.42 Å². The molecule has 0 spiro atoms. The molecule has 0 atom stereocenters. The first-order chi connectivity index (χ1) is 12.7. The Hall–Kier alpha value is -0.530. The maximum atomic E-state index is 3.25. The molecule has 0 nitrogen and oxygen atoms in total. The Bertz CT molecular complexity index is 923. The molecule has 1 aliphatic carbocycles. The number of hydrogen-bond donors (Lipinski definition) is 0. The Morgan fingerprint density at radius 3 is 2.11 bits per heavy atom. The first-order valence-corrected chi connectivity index (χ1v) is 13.0. The van der Waals surface area contributed by atoms with Gasteiger partial charge in [0.1, 0.15) is 0 Å². The number of halogens is 2. The quantitative estimate of drug-likeness (QED) is 0.233. The second kappa shape index (κ2) is 15.3. The van der Waals surface area contributed by atoms with Crippen molar-refractivity contribution in [3.05, 3.63) is 85.2 Å². The molecule has 0 N–H and O–H groups in total. The monoisotopic (exact) mass is 505 g/mol. The minimum atomic E-state index is 0. The molecule has 150 valence electrons. The molecule has 1 aliphatic rings. The number of rotatable bonds is 1. The fourth-order valence-corrected chi connectivity index (χ4v) is 3.37. The van der Waals surface area contributed by atoms with E-state index < -0.39 is 0 Å². The third-order valence-electron chi connectivity index (χ3n) is 4.34. The Labute approximate surface area is 200 Å². The molecule has 4 rings (SSSR count). The van der Waals surface area contributed by atoms with Gasteiger partial charge in [0.05, 0.1) is 0 Å². The average Bonchev–Trinajstić information content (AvgIpc) is 3.34. The summed E-state index contributed by atoms with van der Waals surface area (Å²) in [6.45, 7) is 17.4. The van der Waals surface area contributed by atoms with Crippen LogP contribution in [-0.4, -0.2) is 6.88 Å². The third kappa shape index (κ3) is 6.49. The Morgan fingerprint density at radius 1 is 0.929 bits per heavy atom. The van der Waals surface area contributed by atoms with Crippen molar-refractivity contribution in [2.24, 2.45) is 0 Å². The predicted molar refractivity (Wildman–Crippen MR) is 131 cm³/mol. The van der Waals surface area contributed by atoms with Crippen molar-refractivity contribution >= 4 is 58.8 Å². The molecule has 3 aromatic carbocycles. The van der Waals surface area contributed by atoms with Crippen LogP contribution in [0.1, 0.15) is 37.0 Å². The second-order valence-electron chi connectivity index (χ2n) is 5.78. The van der Waals surface area contributed by atoms with Gasteiger partial charge in [0.15, 0.2) is 0 Å². The van der Waals surface area contributed by atoms with Crippen LogP contribution >= 0.6 is 24.8 Å². The molecule has 0 aliphatic heterocycles. The fourth-order valence-electron chi connectivity index (χ4n) is 3.37. The van der Waals surface area contributed by atoms with Crippen molar-refractivity contribution in [1.82, 2.24) is 0 Å². The zero-order valence-corrected chi connectivity index (χ0v) is 22.2. The van der Waals surface area contributed by atoms with Gasteiger partial charge in [0.25, 0.3) is 0 Å². The van der Waals surface area contributed by atoms with Crippen LogP contribution in [0.15, 0.2) is 54.6 Å². The van der Waals surface area contributed by atoms with Crippen LogP contribution in [0.4, 0.5) is 0 Å². The van der Waals surface area contributed by atoms with E-state index in [4.69, 9.17) is 0 Å². The zero-order valence-electron chi connectivity index (χ0n) is 17.1. The average molecular weight is 508 g/mol. The number of hydrogen-bond acceptors (Lipinski definition) is 0. The minimum absolute atomic E-state index is 0. The van der Waals surface area contributed by atoms with Crippen LogP contribution in [-0.2, 0) is 23.3 Å². The summed E-state index contributed by atoms with van der Waals surface area (Å²) in [4.78, 5) is 0. The van der Waals surface area contributed by atoms with Gasteiger partial charge >= 0.3 is 30.2 Å². The third-order valence-corrected chi connectivity index (χ3v) is 4.34. The number of fused-ring (bicyclic) bond motifs is 3. The standard InChI is InChI=1S/C20H17.2C2H5.2ClH.Si.Zr/c1-13-7-9-17-16(11-13)12-19-18(17)10-8-14(2)20(19)15-5-3-4-6-15;2*1-2;;;;/h3-5,7-12H,6H2,1-2H3;2*1H2,2H3;2*1H;;/q3*-1;;;;. The predicted octanol–water partition coefficient (Wildman–Crippen LogP) is 7.81. The molecule has 28 heavy (non-hydrogen) atoms. The van der Waals surface area contributed by atoms with Gasteiger partial charge in [-0.1, -0.05) is 64.8 Å². The topological polar surface area (TPSA) is 0 Å². The van der Waals surface area contributed by atoms with E-state index in [1.165, 1.54) is 67.1 Å². The molecule has 3 aromatic rings. The summed E-state index contributed by atoms with van der Waals surface area (Å²) in [6.07, 6.45) is 7.71. The van der Waals surface area contributed by atoms with E-state index in [0.29, 0.717) is 0 Å². The normalized spacial score (nSPS) is 10.8. The Balaban J connectivity index is 0. The summed E-state index contributed by atoms with van der Waals surface area (Å²) >= 11 is 1.36. The van der Waals surface area contributed by atoms with Gasteiger partial charge in [-0.3, -0.25) is 0 Å². The van der Waals surface area contributed by atoms with E-state index in [2.05, 4.69) is 89.2 Å². The number of aryl methyl sites for hydroxylation is 2. The van der Waals surface area contributed by atoms with E-state index in [1.54, 1.807) is 13.8 Å². The summed E-state index contributed by atoms with van der Waals surface area (Å²) in [6, 6.07) is 13.6. The molecule has 0 amide bonds. The summed E-state index contributed by atoms with van der Waals surface area (Å²) in [5, 5.41) is 5.52. The van der Waals surface area contributed by atoms with E-state index >= 15 is 0 Å². The summed E-state index contributed by atoms with van der Waals surface area (Å²) in [7, 11) is 0. The maximum absolute atomic E-state index is 3.25. The van der Waals surface area contributed by atoms with Crippen LogP contribution < -0.4 is 0 Å². The van der Waals surface area contributed by atoms with Crippen molar-refractivity contribution < 1.29 is 23.3 Å². The summed E-state index contributed by atoms with van der Waals surface area (Å²) < 4.78 is 0. The molecule has 2 radical (unpaired) electrons. The first kappa shape index (κ1) is 29.7. The summed E-state index contributed by atoms with van der Waals surface area (Å²) in [5.74, 6) is 0. The fraction of sp³-hybridized carbons (Fsp3) is 0.208. The van der Waals surface area contributed by atoms with Crippen molar-refractivity contribution in [3.63, 3.8) is 0 Å². The van der Waals surface area contributed by atoms with E-state index in [1.807, 2.05) is 0 Å². The van der Waals surface area contributed by atoms with Crippen LogP contribution in [0, 0.1) is 27.7 Å². The molecule has 0 heterocycles. The van der Waals surface area contributed by atoms with Gasteiger partial charge in [-0.2, -0.15) is 13.8 Å². The molecular formula is C24H29Cl2SiZr-3. The molecule has 0 unspecified atom stereocenters. The van der Waals surface area contributed by atoms with E-state index in [9.17, 15) is 0 Å². The van der Waals surface area contributed by atoms with Crippen LogP contribution in [0.5, 0.6) is 0 Å². The first-order valence-electron chi connectivity index (χ1n) is 8.86. The number of allylic oxidation sites excluding steroid dienone is 4. The summed E-state index contributed by atoms with van der Waals surface area (Å²) in [5.41, 5.74) is 5.58. The van der Waals surface area contributed by atoms with Crippen molar-refractivity contribution in [3.8, 4) is 0 Å². The molecule has 0 aromatic heterocycles. The Kier molecular flexibility index (Phi) is 16.2. The van der Waals surface area contributed by atoms with Crippen LogP contribution in [0.2, 0.25) is 0 Å². The van der Waals surface area contributed by atoms with Crippen molar-refractivity contribution in [2.75, 3.05) is 0 Å². The molecule has 4 heteroatoms. The van der Waals surface area contributed by atoms with Crippen LogP contribution in [0.3, 0.4) is 0 Å². The zero-order chi connectivity index (χ0) is 19.7. The molecule has 0 bridgehead atoms.